The molecule has 1 aliphatic heterocycles. The van der Waals surface area contributed by atoms with Gasteiger partial charge in [0.2, 0.25) is 6.79 Å². The number of hydrogen-bond donors (Lipinski definition) is 1. The highest BCUT2D eigenvalue weighted by Gasteiger charge is 2.15. The van der Waals surface area contributed by atoms with Crippen molar-refractivity contribution >= 4 is 46.3 Å². The number of hydrogen-bond acceptors (Lipinski definition) is 5. The molecule has 24 heavy (non-hydrogen) atoms. The summed E-state index contributed by atoms with van der Waals surface area (Å²) in [6.07, 6.45) is 1.55. The van der Waals surface area contributed by atoms with E-state index < -0.39 is 0 Å². The predicted molar refractivity (Wildman–Crippen MR) is 94.6 cm³/mol. The predicted octanol–water partition coefficient (Wildman–Crippen LogP) is 4.65. The fourth-order valence-corrected chi connectivity index (χ4v) is 2.67. The van der Waals surface area contributed by atoms with Crippen LogP contribution >= 0.6 is 24.0 Å². The van der Waals surface area contributed by atoms with Crippen molar-refractivity contribution in [3.63, 3.8) is 0 Å². The van der Waals surface area contributed by atoms with E-state index in [0.29, 0.717) is 27.8 Å². The molecule has 5 nitrogen and oxygen atoms in total. The van der Waals surface area contributed by atoms with Gasteiger partial charge in [0, 0.05) is 28.4 Å². The van der Waals surface area contributed by atoms with Crippen LogP contribution in [0.5, 0.6) is 11.5 Å². The fourth-order valence-electron chi connectivity index (χ4n) is 2.50. The van der Waals surface area contributed by atoms with Crippen molar-refractivity contribution in [1.82, 2.24) is 4.98 Å². The van der Waals surface area contributed by atoms with Gasteiger partial charge in [-0.05, 0) is 30.3 Å². The fraction of sp³-hybridized carbons (Fsp3) is 0.0588. The number of ether oxygens (including phenoxy) is 2. The van der Waals surface area contributed by atoms with Gasteiger partial charge in [-0.25, -0.2) is 0 Å². The first-order chi connectivity index (χ1) is 11.2. The SMILES string of the molecule is Cl.N#Cc1cnc2ccc(Cl)cc2c1Nc1ccc2c(c1)OCO2. The van der Waals surface area contributed by atoms with Crippen LogP contribution in [0, 0.1) is 11.3 Å². The van der Waals surface area contributed by atoms with Crippen molar-refractivity contribution in [1.29, 1.82) is 5.26 Å². The first-order valence-corrected chi connectivity index (χ1v) is 7.27. The molecule has 7 heteroatoms. The Labute approximate surface area is 149 Å². The molecule has 2 aromatic carbocycles. The standard InChI is InChI=1S/C17H10ClN3O2.ClH/c18-11-1-3-14-13(5-11)17(10(7-19)8-20-14)21-12-2-4-15-16(6-12)23-9-22-15;/h1-6,8H,9H2,(H,20,21);1H. The van der Waals surface area contributed by atoms with E-state index in [4.69, 9.17) is 21.1 Å². The second-order valence-corrected chi connectivity index (χ2v) is 5.45. The summed E-state index contributed by atoms with van der Waals surface area (Å²) in [4.78, 5) is 4.29. The lowest BCUT2D eigenvalue weighted by Crippen LogP contribution is -1.97. The molecule has 0 unspecified atom stereocenters. The lowest BCUT2D eigenvalue weighted by Gasteiger charge is -2.12. The van der Waals surface area contributed by atoms with Gasteiger partial charge in [0.15, 0.2) is 11.5 Å². The summed E-state index contributed by atoms with van der Waals surface area (Å²) < 4.78 is 10.7. The van der Waals surface area contributed by atoms with Crippen LogP contribution in [0.15, 0.2) is 42.6 Å². The molecule has 0 spiro atoms. The zero-order valence-electron chi connectivity index (χ0n) is 12.2. The van der Waals surface area contributed by atoms with Crippen LogP contribution in [-0.4, -0.2) is 11.8 Å². The second-order valence-electron chi connectivity index (χ2n) is 5.01. The molecule has 4 rings (SSSR count). The highest BCUT2D eigenvalue weighted by Crippen LogP contribution is 2.37. The summed E-state index contributed by atoms with van der Waals surface area (Å²) in [5, 5.41) is 14.0. The number of aromatic nitrogens is 1. The molecular formula is C17H11Cl2N3O2. The number of fused-ring (bicyclic) bond motifs is 2. The van der Waals surface area contributed by atoms with Crippen molar-refractivity contribution in [2.24, 2.45) is 0 Å². The molecule has 0 saturated heterocycles. The van der Waals surface area contributed by atoms with Gasteiger partial charge in [-0.1, -0.05) is 11.6 Å². The highest BCUT2D eigenvalue weighted by atomic mass is 35.5. The lowest BCUT2D eigenvalue weighted by atomic mass is 10.1. The van der Waals surface area contributed by atoms with E-state index in [9.17, 15) is 5.26 Å². The number of benzene rings is 2. The molecule has 0 saturated carbocycles. The van der Waals surface area contributed by atoms with Gasteiger partial charge in [-0.2, -0.15) is 5.26 Å². The van der Waals surface area contributed by atoms with Crippen LogP contribution in [0.2, 0.25) is 5.02 Å². The maximum Gasteiger partial charge on any atom is 0.231 e. The Balaban J connectivity index is 0.00000169. The highest BCUT2D eigenvalue weighted by molar-refractivity contribution is 6.31. The van der Waals surface area contributed by atoms with E-state index in [0.717, 1.165) is 16.6 Å². The van der Waals surface area contributed by atoms with Crippen molar-refractivity contribution < 1.29 is 9.47 Å². The first-order valence-electron chi connectivity index (χ1n) is 6.89. The zero-order valence-corrected chi connectivity index (χ0v) is 13.8. The van der Waals surface area contributed by atoms with Crippen molar-refractivity contribution in [2.75, 3.05) is 12.1 Å². The average molecular weight is 360 g/mol. The molecule has 2 heterocycles. The quantitative estimate of drug-likeness (QED) is 0.720. The van der Waals surface area contributed by atoms with E-state index in [-0.39, 0.29) is 19.2 Å². The van der Waals surface area contributed by atoms with Crippen molar-refractivity contribution in [3.8, 4) is 17.6 Å². The maximum absolute atomic E-state index is 9.37. The normalized spacial score (nSPS) is 11.7. The summed E-state index contributed by atoms with van der Waals surface area (Å²) >= 11 is 6.09. The summed E-state index contributed by atoms with van der Waals surface area (Å²) in [6.45, 7) is 0.218. The van der Waals surface area contributed by atoms with Gasteiger partial charge in [0.25, 0.3) is 0 Å². The average Bonchev–Trinajstić information content (AvgIpc) is 3.03. The van der Waals surface area contributed by atoms with E-state index in [1.165, 1.54) is 0 Å². The zero-order chi connectivity index (χ0) is 15.8. The number of anilines is 2. The molecule has 1 aliphatic rings. The number of halogens is 2. The lowest BCUT2D eigenvalue weighted by molar-refractivity contribution is 0.174. The molecule has 0 atom stereocenters. The number of nitrogens with one attached hydrogen (secondary N) is 1. The Morgan fingerprint density at radius 3 is 2.79 bits per heavy atom. The Bertz CT molecular complexity index is 970. The Morgan fingerprint density at radius 2 is 1.96 bits per heavy atom. The van der Waals surface area contributed by atoms with Crippen molar-refractivity contribution in [3.05, 3.63) is 53.2 Å². The van der Waals surface area contributed by atoms with Crippen LogP contribution in [0.3, 0.4) is 0 Å². The van der Waals surface area contributed by atoms with Gasteiger partial charge in [-0.15, -0.1) is 12.4 Å². The third kappa shape index (κ3) is 2.78. The smallest absolute Gasteiger partial charge is 0.231 e. The molecule has 1 aromatic heterocycles. The molecule has 120 valence electrons. The van der Waals surface area contributed by atoms with Crippen molar-refractivity contribution in [2.45, 2.75) is 0 Å². The third-order valence-electron chi connectivity index (χ3n) is 3.59. The molecule has 1 N–H and O–H groups in total. The van der Waals surface area contributed by atoms with Gasteiger partial charge in [0.05, 0.1) is 16.8 Å². The summed E-state index contributed by atoms with van der Waals surface area (Å²) in [5.74, 6) is 1.38. The minimum absolute atomic E-state index is 0. The topological polar surface area (TPSA) is 67.2 Å². The Hall–Kier alpha value is -2.68. The molecule has 3 aromatic rings. The molecule has 0 fully saturated rings. The molecule has 0 bridgehead atoms. The number of rotatable bonds is 2. The summed E-state index contributed by atoms with van der Waals surface area (Å²) in [7, 11) is 0. The van der Waals surface area contributed by atoms with Gasteiger partial charge < -0.3 is 14.8 Å². The molecule has 0 amide bonds. The van der Waals surface area contributed by atoms with Crippen LogP contribution in [0.1, 0.15) is 5.56 Å². The van der Waals surface area contributed by atoms with Crippen LogP contribution in [0.25, 0.3) is 10.9 Å². The van der Waals surface area contributed by atoms with E-state index in [1.54, 1.807) is 18.3 Å². The number of nitriles is 1. The number of pyridine rings is 1. The van der Waals surface area contributed by atoms with Gasteiger partial charge >= 0.3 is 0 Å². The monoisotopic (exact) mass is 359 g/mol. The van der Waals surface area contributed by atoms with E-state index in [2.05, 4.69) is 16.4 Å². The maximum atomic E-state index is 9.37. The molecule has 0 aliphatic carbocycles. The Kier molecular flexibility index (Phi) is 4.34. The number of nitrogens with zero attached hydrogens (tertiary/aromatic N) is 2. The minimum Gasteiger partial charge on any atom is -0.454 e. The summed E-state index contributed by atoms with van der Waals surface area (Å²) in [6, 6.07) is 13.1. The van der Waals surface area contributed by atoms with Gasteiger partial charge in [0.1, 0.15) is 6.07 Å². The molecule has 0 radical (unpaired) electrons. The summed E-state index contributed by atoms with van der Waals surface area (Å²) in [5.41, 5.74) is 2.66. The van der Waals surface area contributed by atoms with Gasteiger partial charge in [-0.3, -0.25) is 4.98 Å². The second kappa shape index (κ2) is 6.44. The first kappa shape index (κ1) is 16.2. The minimum atomic E-state index is 0. The van der Waals surface area contributed by atoms with Crippen LogP contribution in [-0.2, 0) is 0 Å². The van der Waals surface area contributed by atoms with Crippen LogP contribution in [0.4, 0.5) is 11.4 Å². The molecular weight excluding hydrogens is 349 g/mol. The Morgan fingerprint density at radius 1 is 1.12 bits per heavy atom. The van der Waals surface area contributed by atoms with Crippen LogP contribution < -0.4 is 14.8 Å². The largest absolute Gasteiger partial charge is 0.454 e. The third-order valence-corrected chi connectivity index (χ3v) is 3.83. The van der Waals surface area contributed by atoms with E-state index >= 15 is 0 Å². The van der Waals surface area contributed by atoms with E-state index in [1.807, 2.05) is 24.3 Å².